The van der Waals surface area contributed by atoms with Crippen molar-refractivity contribution in [1.29, 1.82) is 0 Å². The largest absolute Gasteiger partial charge is 0.481 e. The minimum absolute atomic E-state index is 0.0127. The van der Waals surface area contributed by atoms with Crippen molar-refractivity contribution in [3.63, 3.8) is 0 Å². The molecule has 0 aliphatic carbocycles. The third kappa shape index (κ3) is 10.5. The van der Waals surface area contributed by atoms with Crippen LogP contribution in [0.3, 0.4) is 0 Å². The maximum Gasteiger partial charge on any atom is 0.374 e. The molecule has 1 aliphatic heterocycles. The number of thioether (sulfide) groups is 2. The molecule has 0 amide bonds. The summed E-state index contributed by atoms with van der Waals surface area (Å²) in [5, 5.41) is 16.9. The summed E-state index contributed by atoms with van der Waals surface area (Å²) in [6.07, 6.45) is 0.782. The van der Waals surface area contributed by atoms with Crippen LogP contribution in [0.1, 0.15) is 46.0 Å². The predicted molar refractivity (Wildman–Crippen MR) is 104 cm³/mol. The molecule has 160 valence electrons. The summed E-state index contributed by atoms with van der Waals surface area (Å²) in [5.41, 5.74) is 0. The van der Waals surface area contributed by atoms with Crippen LogP contribution in [-0.2, 0) is 33.4 Å². The van der Waals surface area contributed by atoms with Crippen LogP contribution in [-0.4, -0.2) is 68.7 Å². The molecule has 1 saturated heterocycles. The van der Waals surface area contributed by atoms with Gasteiger partial charge < -0.3 is 19.7 Å². The highest BCUT2D eigenvalue weighted by atomic mass is 32.2. The number of carbonyl (C=O) groups excluding carboxylic acids is 3. The van der Waals surface area contributed by atoms with E-state index in [1.807, 2.05) is 0 Å². The van der Waals surface area contributed by atoms with Crippen LogP contribution in [0.15, 0.2) is 0 Å². The average Bonchev–Trinajstić information content (AvgIpc) is 2.66. The van der Waals surface area contributed by atoms with Crippen molar-refractivity contribution in [1.82, 2.24) is 0 Å². The molecule has 0 saturated carbocycles. The number of esters is 2. The fourth-order valence-corrected chi connectivity index (χ4v) is 5.08. The molecule has 0 aromatic carbocycles. The highest BCUT2D eigenvalue weighted by Gasteiger charge is 2.42. The molecule has 2 N–H and O–H groups in total. The highest BCUT2D eigenvalue weighted by Crippen LogP contribution is 2.46. The number of rotatable bonds is 10. The molecule has 0 aromatic heterocycles. The lowest BCUT2D eigenvalue weighted by atomic mass is 10.2. The van der Waals surface area contributed by atoms with Crippen molar-refractivity contribution in [3.05, 3.63) is 0 Å². The second-order valence-corrected chi connectivity index (χ2v) is 8.50. The van der Waals surface area contributed by atoms with Gasteiger partial charge in [0.25, 0.3) is 0 Å². The van der Waals surface area contributed by atoms with Crippen LogP contribution in [0.25, 0.3) is 0 Å². The van der Waals surface area contributed by atoms with E-state index in [0.717, 1.165) is 17.9 Å². The molecule has 11 heteroatoms. The van der Waals surface area contributed by atoms with Gasteiger partial charge in [-0.05, 0) is 38.2 Å². The molecule has 0 unspecified atom stereocenters. The summed E-state index contributed by atoms with van der Waals surface area (Å²) in [7, 11) is 0. The predicted octanol–water partition coefficient (Wildman–Crippen LogP) is 1.96. The summed E-state index contributed by atoms with van der Waals surface area (Å²) in [6.45, 7) is 3.80. The standard InChI is InChI=1S/C10H16O4S2.C7H10O5/c1-2-14-9(13)10(5-4-8(11)12)15-6-3-7-16-10;1-2-12-7(11)5(8)3-4-6(9)10/h2-7H2,1H3,(H,11,12);2-4H2,1H3,(H,9,10). The van der Waals surface area contributed by atoms with Crippen LogP contribution in [0.4, 0.5) is 0 Å². The zero-order valence-electron chi connectivity index (χ0n) is 15.9. The van der Waals surface area contributed by atoms with E-state index < -0.39 is 27.8 Å². The Bertz CT molecular complexity index is 557. The Morgan fingerprint density at radius 1 is 0.857 bits per heavy atom. The van der Waals surface area contributed by atoms with E-state index in [1.165, 1.54) is 23.5 Å². The molecule has 1 heterocycles. The summed E-state index contributed by atoms with van der Waals surface area (Å²) >= 11 is 3.05. The van der Waals surface area contributed by atoms with Crippen molar-refractivity contribution in [2.24, 2.45) is 0 Å². The fourth-order valence-electron chi connectivity index (χ4n) is 1.99. The number of hydrogen-bond donors (Lipinski definition) is 2. The van der Waals surface area contributed by atoms with Crippen molar-refractivity contribution in [2.45, 2.75) is 50.0 Å². The molecule has 0 bridgehead atoms. The second-order valence-electron chi connectivity index (χ2n) is 5.45. The van der Waals surface area contributed by atoms with Gasteiger partial charge in [0.2, 0.25) is 5.78 Å². The average molecular weight is 439 g/mol. The van der Waals surface area contributed by atoms with Crippen LogP contribution in [0.2, 0.25) is 0 Å². The maximum absolute atomic E-state index is 11.9. The van der Waals surface area contributed by atoms with Gasteiger partial charge in [-0.3, -0.25) is 14.4 Å². The van der Waals surface area contributed by atoms with E-state index in [0.29, 0.717) is 13.0 Å². The van der Waals surface area contributed by atoms with Crippen molar-refractivity contribution < 1.29 is 43.7 Å². The first kappa shape index (κ1) is 26.2. The minimum Gasteiger partial charge on any atom is -0.481 e. The first-order chi connectivity index (χ1) is 13.2. The molecule has 0 atom stereocenters. The zero-order valence-corrected chi connectivity index (χ0v) is 17.6. The Morgan fingerprint density at radius 3 is 1.86 bits per heavy atom. The highest BCUT2D eigenvalue weighted by molar-refractivity contribution is 8.19. The van der Waals surface area contributed by atoms with Crippen LogP contribution >= 0.6 is 23.5 Å². The first-order valence-corrected chi connectivity index (χ1v) is 10.7. The van der Waals surface area contributed by atoms with Gasteiger partial charge in [0, 0.05) is 12.8 Å². The van der Waals surface area contributed by atoms with Gasteiger partial charge in [0.15, 0.2) is 4.08 Å². The minimum atomic E-state index is -1.10. The lowest BCUT2D eigenvalue weighted by molar-refractivity contribution is -0.154. The fraction of sp³-hybridized carbons (Fsp3) is 0.706. The van der Waals surface area contributed by atoms with Gasteiger partial charge in [0.05, 0.1) is 19.6 Å². The number of carboxylic acid groups (broad SMARTS) is 2. The Balaban J connectivity index is 0.000000546. The van der Waals surface area contributed by atoms with Gasteiger partial charge >= 0.3 is 23.9 Å². The van der Waals surface area contributed by atoms with Crippen LogP contribution < -0.4 is 0 Å². The van der Waals surface area contributed by atoms with Gasteiger partial charge in [-0.15, -0.1) is 23.5 Å². The van der Waals surface area contributed by atoms with Gasteiger partial charge in [-0.2, -0.15) is 0 Å². The molecule has 9 nitrogen and oxygen atoms in total. The number of carboxylic acids is 2. The monoisotopic (exact) mass is 438 g/mol. The van der Waals surface area contributed by atoms with E-state index in [2.05, 4.69) is 4.74 Å². The normalized spacial score (nSPS) is 14.8. The quantitative estimate of drug-likeness (QED) is 0.381. The number of ketones is 1. The SMILES string of the molecule is CCOC(=O)C(=O)CCC(=O)O.CCOC(=O)C1(CCC(=O)O)SCCCS1. The second kappa shape index (κ2) is 14.3. The van der Waals surface area contributed by atoms with E-state index in [1.54, 1.807) is 13.8 Å². The lowest BCUT2D eigenvalue weighted by Gasteiger charge is -2.33. The molecule has 1 aliphatic rings. The molecule has 1 rings (SSSR count). The lowest BCUT2D eigenvalue weighted by Crippen LogP contribution is -2.37. The van der Waals surface area contributed by atoms with Gasteiger partial charge in [0.1, 0.15) is 0 Å². The first-order valence-electron chi connectivity index (χ1n) is 8.77. The van der Waals surface area contributed by atoms with Gasteiger partial charge in [-0.1, -0.05) is 0 Å². The molecule has 28 heavy (non-hydrogen) atoms. The van der Waals surface area contributed by atoms with Crippen molar-refractivity contribution in [3.8, 4) is 0 Å². The van der Waals surface area contributed by atoms with Crippen LogP contribution in [0.5, 0.6) is 0 Å². The molecule has 0 radical (unpaired) electrons. The number of hydrogen-bond acceptors (Lipinski definition) is 9. The molecule has 0 aromatic rings. The molecule has 0 spiro atoms. The number of ether oxygens (including phenoxy) is 2. The van der Waals surface area contributed by atoms with Crippen molar-refractivity contribution >= 4 is 53.2 Å². The maximum atomic E-state index is 11.9. The smallest absolute Gasteiger partial charge is 0.374 e. The molecule has 1 fully saturated rings. The third-order valence-electron chi connectivity index (χ3n) is 3.28. The van der Waals surface area contributed by atoms with Crippen molar-refractivity contribution in [2.75, 3.05) is 24.7 Å². The van der Waals surface area contributed by atoms with Gasteiger partial charge in [-0.25, -0.2) is 9.59 Å². The number of Topliss-reactive ketones (excluding diaryl/α,β-unsaturated/α-hetero) is 1. The third-order valence-corrected chi connectivity index (χ3v) is 6.65. The van der Waals surface area contributed by atoms with E-state index in [4.69, 9.17) is 14.9 Å². The Labute approximate surface area is 171 Å². The molecular formula is C17H26O9S2. The Hall–Kier alpha value is -1.75. The molecular weight excluding hydrogens is 412 g/mol. The topological polar surface area (TPSA) is 144 Å². The summed E-state index contributed by atoms with van der Waals surface area (Å²) in [5.74, 6) is -2.20. The van der Waals surface area contributed by atoms with Crippen LogP contribution in [0, 0.1) is 0 Å². The Morgan fingerprint density at radius 2 is 1.39 bits per heavy atom. The summed E-state index contributed by atoms with van der Waals surface area (Å²) in [6, 6.07) is 0. The summed E-state index contributed by atoms with van der Waals surface area (Å²) < 4.78 is 8.71. The number of carbonyl (C=O) groups is 5. The van der Waals surface area contributed by atoms with E-state index in [-0.39, 0.29) is 31.8 Å². The summed E-state index contributed by atoms with van der Waals surface area (Å²) in [4.78, 5) is 53.7. The van der Waals surface area contributed by atoms with E-state index >= 15 is 0 Å². The number of aliphatic carboxylic acids is 2. The van der Waals surface area contributed by atoms with E-state index in [9.17, 15) is 24.0 Å². The zero-order chi connectivity index (χ0) is 21.6. The Kier molecular flexibility index (Phi) is 13.4.